The Morgan fingerprint density at radius 2 is 2.14 bits per heavy atom. The Kier molecular flexibility index (Phi) is 4.46. The smallest absolute Gasteiger partial charge is 0.329 e. The lowest BCUT2D eigenvalue weighted by molar-refractivity contribution is 0.218. The summed E-state index contributed by atoms with van der Waals surface area (Å²) in [5.74, 6) is 1.96. The number of H-pyrrole nitrogens is 1. The molecule has 1 saturated heterocycles. The summed E-state index contributed by atoms with van der Waals surface area (Å²) in [6.07, 6.45) is 5.60. The number of hydrogen-bond acceptors (Lipinski definition) is 8. The Hall–Kier alpha value is -2.95. The van der Waals surface area contributed by atoms with E-state index in [0.29, 0.717) is 23.0 Å². The molecule has 1 aliphatic heterocycles. The van der Waals surface area contributed by atoms with E-state index in [1.54, 1.807) is 6.33 Å². The van der Waals surface area contributed by atoms with Crippen LogP contribution in [0.4, 0.5) is 15.7 Å². The van der Waals surface area contributed by atoms with Crippen LogP contribution < -0.4 is 15.0 Å². The standard InChI is InChI=1S/C18H22N8O2S/c1-25(15-13-3-4-19-14(13)20-9-21-15)12-5-10-7-26(8-11(10)6-12)18(27)23-17-22-16(28-2)24-29-17/h3-4,9-12H,5-8H2,1-2H3,(H,19,20,21)(H,22,23,24,27). The van der Waals surface area contributed by atoms with E-state index in [1.165, 1.54) is 7.11 Å². The van der Waals surface area contributed by atoms with Gasteiger partial charge >= 0.3 is 12.0 Å². The third-order valence-corrected chi connectivity index (χ3v) is 6.65. The number of anilines is 2. The van der Waals surface area contributed by atoms with Gasteiger partial charge in [-0.05, 0) is 30.7 Å². The number of fused-ring (bicyclic) bond motifs is 2. The van der Waals surface area contributed by atoms with E-state index in [9.17, 15) is 4.79 Å². The normalized spacial score (nSPS) is 23.4. The van der Waals surface area contributed by atoms with Gasteiger partial charge in [0.05, 0.1) is 12.5 Å². The molecule has 4 heterocycles. The number of rotatable bonds is 4. The van der Waals surface area contributed by atoms with Crippen molar-refractivity contribution in [3.05, 3.63) is 18.6 Å². The molecule has 11 heteroatoms. The quantitative estimate of drug-likeness (QED) is 0.673. The average molecular weight is 414 g/mol. The molecule has 3 aromatic rings. The number of likely N-dealkylation sites (tertiary alicyclic amines) is 1. The number of urea groups is 1. The van der Waals surface area contributed by atoms with Crippen LogP contribution in [0.3, 0.4) is 0 Å². The van der Waals surface area contributed by atoms with Crippen LogP contribution in [0, 0.1) is 11.8 Å². The number of amides is 2. The lowest BCUT2D eigenvalue weighted by Gasteiger charge is -2.27. The number of aromatic amines is 1. The van der Waals surface area contributed by atoms with Gasteiger partial charge < -0.3 is 19.5 Å². The minimum atomic E-state index is -0.118. The van der Waals surface area contributed by atoms with E-state index in [2.05, 4.69) is 41.6 Å². The molecule has 152 valence electrons. The zero-order chi connectivity index (χ0) is 20.0. The highest BCUT2D eigenvalue weighted by Gasteiger charge is 2.44. The van der Waals surface area contributed by atoms with Gasteiger partial charge in [-0.1, -0.05) is 0 Å². The third kappa shape index (κ3) is 3.24. The monoisotopic (exact) mass is 414 g/mol. The van der Waals surface area contributed by atoms with Gasteiger partial charge in [0.2, 0.25) is 5.13 Å². The summed E-state index contributed by atoms with van der Waals surface area (Å²) < 4.78 is 8.97. The van der Waals surface area contributed by atoms with Gasteiger partial charge in [-0.15, -0.1) is 4.37 Å². The van der Waals surface area contributed by atoms with E-state index in [0.717, 1.165) is 54.3 Å². The summed E-state index contributed by atoms with van der Waals surface area (Å²) in [5.41, 5.74) is 0.858. The largest absolute Gasteiger partial charge is 0.466 e. The Bertz CT molecular complexity index is 1020. The van der Waals surface area contributed by atoms with Gasteiger partial charge in [0, 0.05) is 43.9 Å². The molecule has 0 spiro atoms. The van der Waals surface area contributed by atoms with Crippen molar-refractivity contribution in [1.82, 2.24) is 29.2 Å². The van der Waals surface area contributed by atoms with Gasteiger partial charge in [-0.25, -0.2) is 14.8 Å². The van der Waals surface area contributed by atoms with Crippen molar-refractivity contribution in [1.29, 1.82) is 0 Å². The molecule has 0 radical (unpaired) electrons. The van der Waals surface area contributed by atoms with Crippen molar-refractivity contribution in [2.45, 2.75) is 18.9 Å². The molecule has 29 heavy (non-hydrogen) atoms. The lowest BCUT2D eigenvalue weighted by atomic mass is 10.0. The van der Waals surface area contributed by atoms with Gasteiger partial charge in [0.15, 0.2) is 0 Å². The van der Waals surface area contributed by atoms with Gasteiger partial charge in [0.25, 0.3) is 0 Å². The highest BCUT2D eigenvalue weighted by atomic mass is 32.1. The first-order valence-electron chi connectivity index (χ1n) is 9.57. The molecule has 2 N–H and O–H groups in total. The van der Waals surface area contributed by atoms with Gasteiger partial charge in [0.1, 0.15) is 17.8 Å². The maximum atomic E-state index is 12.6. The minimum Gasteiger partial charge on any atom is -0.466 e. The molecular formula is C18H22N8O2S. The number of nitrogens with one attached hydrogen (secondary N) is 2. The first kappa shape index (κ1) is 18.1. The minimum absolute atomic E-state index is 0.118. The molecule has 0 bridgehead atoms. The fourth-order valence-electron chi connectivity index (χ4n) is 4.58. The second-order valence-electron chi connectivity index (χ2n) is 7.61. The van der Waals surface area contributed by atoms with Crippen LogP contribution in [0.1, 0.15) is 12.8 Å². The SMILES string of the molecule is COc1nsc(NC(=O)N2CC3CC(N(C)c4ncnc5[nH]ccc45)CC3C2)n1. The zero-order valence-electron chi connectivity index (χ0n) is 16.2. The first-order chi connectivity index (χ1) is 14.1. The summed E-state index contributed by atoms with van der Waals surface area (Å²) >= 11 is 1.12. The van der Waals surface area contributed by atoms with Crippen molar-refractivity contribution in [3.8, 4) is 6.01 Å². The molecule has 2 atom stereocenters. The molecule has 2 fully saturated rings. The highest BCUT2D eigenvalue weighted by molar-refractivity contribution is 7.10. The predicted octanol–water partition coefficient (Wildman–Crippen LogP) is 2.20. The Labute approximate surface area is 171 Å². The average Bonchev–Trinajstić information content (AvgIpc) is 3.48. The summed E-state index contributed by atoms with van der Waals surface area (Å²) in [5, 5.41) is 4.33. The molecule has 2 unspecified atom stereocenters. The molecule has 0 aromatic carbocycles. The summed E-state index contributed by atoms with van der Waals surface area (Å²) in [6.45, 7) is 1.53. The van der Waals surface area contributed by atoms with Crippen LogP contribution in [0.15, 0.2) is 18.6 Å². The number of nitrogens with zero attached hydrogens (tertiary/aromatic N) is 6. The number of carbonyl (C=O) groups excluding carboxylic acids is 1. The van der Waals surface area contributed by atoms with Crippen LogP contribution >= 0.6 is 11.5 Å². The van der Waals surface area contributed by atoms with Crippen molar-refractivity contribution >= 4 is 39.5 Å². The molecule has 3 aromatic heterocycles. The van der Waals surface area contributed by atoms with Crippen LogP contribution in [0.25, 0.3) is 11.0 Å². The van der Waals surface area contributed by atoms with E-state index < -0.39 is 0 Å². The molecule has 5 rings (SSSR count). The van der Waals surface area contributed by atoms with Crippen LogP contribution in [-0.4, -0.2) is 68.5 Å². The van der Waals surface area contributed by atoms with Crippen LogP contribution in [-0.2, 0) is 0 Å². The van der Waals surface area contributed by atoms with Crippen molar-refractivity contribution < 1.29 is 9.53 Å². The Morgan fingerprint density at radius 1 is 1.34 bits per heavy atom. The third-order valence-electron chi connectivity index (χ3n) is 6.03. The number of ether oxygens (including phenoxy) is 1. The maximum Gasteiger partial charge on any atom is 0.329 e. The predicted molar refractivity (Wildman–Crippen MR) is 109 cm³/mol. The van der Waals surface area contributed by atoms with Crippen LogP contribution in [0.2, 0.25) is 0 Å². The molecule has 2 amide bonds. The van der Waals surface area contributed by atoms with Crippen molar-refractivity contribution in [2.75, 3.05) is 37.5 Å². The van der Waals surface area contributed by atoms with Crippen molar-refractivity contribution in [3.63, 3.8) is 0 Å². The topological polar surface area (TPSA) is 112 Å². The molecule has 1 aliphatic carbocycles. The van der Waals surface area contributed by atoms with Crippen LogP contribution in [0.5, 0.6) is 6.01 Å². The van der Waals surface area contributed by atoms with E-state index >= 15 is 0 Å². The second-order valence-corrected chi connectivity index (χ2v) is 8.37. The number of aromatic nitrogens is 5. The van der Waals surface area contributed by atoms with Gasteiger partial charge in [-0.3, -0.25) is 5.32 Å². The fourth-order valence-corrected chi connectivity index (χ4v) is 5.11. The van der Waals surface area contributed by atoms with E-state index in [4.69, 9.17) is 4.74 Å². The summed E-state index contributed by atoms with van der Waals surface area (Å²) in [7, 11) is 3.61. The number of methoxy groups -OCH3 is 1. The maximum absolute atomic E-state index is 12.6. The first-order valence-corrected chi connectivity index (χ1v) is 10.3. The number of hydrogen-bond donors (Lipinski definition) is 2. The Balaban J connectivity index is 1.21. The summed E-state index contributed by atoms with van der Waals surface area (Å²) in [4.78, 5) is 32.8. The molecular weight excluding hydrogens is 392 g/mol. The fraction of sp³-hybridized carbons (Fsp3) is 0.500. The molecule has 1 saturated carbocycles. The Morgan fingerprint density at radius 3 is 2.86 bits per heavy atom. The zero-order valence-corrected chi connectivity index (χ0v) is 17.0. The summed E-state index contributed by atoms with van der Waals surface area (Å²) in [6, 6.07) is 2.59. The van der Waals surface area contributed by atoms with E-state index in [1.807, 2.05) is 17.2 Å². The lowest BCUT2D eigenvalue weighted by Crippen LogP contribution is -2.36. The van der Waals surface area contributed by atoms with Gasteiger partial charge in [-0.2, -0.15) is 4.98 Å². The highest BCUT2D eigenvalue weighted by Crippen LogP contribution is 2.41. The molecule has 10 nitrogen and oxygen atoms in total. The number of carbonyl (C=O) groups is 1. The molecule has 2 aliphatic rings. The second kappa shape index (κ2) is 7.14. The van der Waals surface area contributed by atoms with Crippen molar-refractivity contribution in [2.24, 2.45) is 11.8 Å². The van der Waals surface area contributed by atoms with E-state index in [-0.39, 0.29) is 12.0 Å².